The molecule has 2 aromatic heterocycles. The van der Waals surface area contributed by atoms with Crippen molar-refractivity contribution < 1.29 is 23.2 Å². The molecule has 1 aromatic carbocycles. The molecule has 1 aliphatic rings. The third kappa shape index (κ3) is 4.12. The van der Waals surface area contributed by atoms with E-state index in [2.05, 4.69) is 10.3 Å². The summed E-state index contributed by atoms with van der Waals surface area (Å²) in [5.74, 6) is 2.31. The highest BCUT2D eigenvalue weighted by Crippen LogP contribution is 2.24. The molecule has 1 unspecified atom stereocenters. The first kappa shape index (κ1) is 18.4. The minimum absolute atomic E-state index is 0.229. The first-order chi connectivity index (χ1) is 13.6. The van der Waals surface area contributed by atoms with Crippen LogP contribution in [0.25, 0.3) is 11.7 Å². The van der Waals surface area contributed by atoms with Crippen LogP contribution in [0, 0.1) is 6.92 Å². The number of aromatic nitrogens is 1. The van der Waals surface area contributed by atoms with Crippen molar-refractivity contribution in [3.05, 3.63) is 59.7 Å². The van der Waals surface area contributed by atoms with Crippen LogP contribution in [0.1, 0.15) is 17.0 Å². The number of carbonyl (C=O) groups excluding carboxylic acids is 2. The Hall–Kier alpha value is -3.00. The molecule has 0 spiro atoms. The van der Waals surface area contributed by atoms with Gasteiger partial charge in [-0.1, -0.05) is 23.9 Å². The quantitative estimate of drug-likeness (QED) is 0.647. The van der Waals surface area contributed by atoms with Gasteiger partial charge in [-0.15, -0.1) is 0 Å². The summed E-state index contributed by atoms with van der Waals surface area (Å²) in [6, 6.07) is 11.1. The molecule has 0 aliphatic carbocycles. The predicted molar refractivity (Wildman–Crippen MR) is 103 cm³/mol. The molecule has 3 heterocycles. The molecule has 3 aromatic rings. The number of benzene rings is 1. The van der Waals surface area contributed by atoms with E-state index in [1.165, 1.54) is 0 Å². The van der Waals surface area contributed by atoms with Crippen molar-refractivity contribution in [2.45, 2.75) is 25.0 Å². The van der Waals surface area contributed by atoms with Crippen molar-refractivity contribution in [1.29, 1.82) is 0 Å². The summed E-state index contributed by atoms with van der Waals surface area (Å²) >= 11 is 1.03. The summed E-state index contributed by atoms with van der Waals surface area (Å²) in [6.07, 6.45) is 2.70. The van der Waals surface area contributed by atoms with Gasteiger partial charge in [0.05, 0.1) is 23.8 Å². The van der Waals surface area contributed by atoms with Crippen molar-refractivity contribution in [2.24, 2.45) is 0 Å². The number of nitrogens with zero attached hydrogens (tertiary/aromatic N) is 1. The molecule has 1 saturated heterocycles. The Bertz CT molecular complexity index is 979. The highest BCUT2D eigenvalue weighted by molar-refractivity contribution is 8.15. The highest BCUT2D eigenvalue weighted by Gasteiger charge is 2.31. The van der Waals surface area contributed by atoms with Gasteiger partial charge in [-0.2, -0.15) is 0 Å². The average Bonchev–Trinajstić information content (AvgIpc) is 3.39. The van der Waals surface area contributed by atoms with E-state index in [9.17, 15) is 9.59 Å². The lowest BCUT2D eigenvalue weighted by atomic mass is 10.1. The number of imide groups is 1. The van der Waals surface area contributed by atoms with Crippen LogP contribution in [0.15, 0.2) is 51.5 Å². The Morgan fingerprint density at radius 1 is 1.21 bits per heavy atom. The van der Waals surface area contributed by atoms with Gasteiger partial charge in [-0.25, -0.2) is 4.98 Å². The molecule has 8 heteroatoms. The fourth-order valence-corrected chi connectivity index (χ4v) is 3.75. The second-order valence-electron chi connectivity index (χ2n) is 6.33. The summed E-state index contributed by atoms with van der Waals surface area (Å²) in [7, 11) is 0. The molecule has 1 atom stereocenters. The zero-order valence-electron chi connectivity index (χ0n) is 15.1. The van der Waals surface area contributed by atoms with Gasteiger partial charge in [0.2, 0.25) is 5.91 Å². The summed E-state index contributed by atoms with van der Waals surface area (Å²) < 4.78 is 16.7. The highest BCUT2D eigenvalue weighted by atomic mass is 32.2. The van der Waals surface area contributed by atoms with Crippen molar-refractivity contribution >= 4 is 22.9 Å². The van der Waals surface area contributed by atoms with Gasteiger partial charge in [0, 0.05) is 6.42 Å². The Morgan fingerprint density at radius 2 is 2.04 bits per heavy atom. The van der Waals surface area contributed by atoms with Gasteiger partial charge < -0.3 is 13.6 Å². The minimum Gasteiger partial charge on any atom is -0.493 e. The number of furan rings is 1. The van der Waals surface area contributed by atoms with Gasteiger partial charge in [0.15, 0.2) is 5.76 Å². The van der Waals surface area contributed by atoms with E-state index >= 15 is 0 Å². The number of amides is 2. The number of aryl methyl sites for hydroxylation is 1. The van der Waals surface area contributed by atoms with Crippen LogP contribution >= 0.6 is 11.8 Å². The van der Waals surface area contributed by atoms with Gasteiger partial charge in [0.25, 0.3) is 11.1 Å². The Labute approximate surface area is 165 Å². The van der Waals surface area contributed by atoms with E-state index in [1.54, 1.807) is 18.4 Å². The molecule has 1 N–H and O–H groups in total. The molecule has 4 rings (SSSR count). The molecule has 144 valence electrons. The number of thioether (sulfide) groups is 1. The fourth-order valence-electron chi connectivity index (χ4n) is 2.89. The van der Waals surface area contributed by atoms with Crippen LogP contribution in [0.5, 0.6) is 5.75 Å². The van der Waals surface area contributed by atoms with Crippen LogP contribution in [0.4, 0.5) is 4.79 Å². The molecule has 28 heavy (non-hydrogen) atoms. The molecule has 2 amide bonds. The third-order valence-corrected chi connectivity index (χ3v) is 5.33. The molecule has 7 nitrogen and oxygen atoms in total. The summed E-state index contributed by atoms with van der Waals surface area (Å²) in [5, 5.41) is 1.65. The monoisotopic (exact) mass is 398 g/mol. The van der Waals surface area contributed by atoms with Crippen molar-refractivity contribution in [3.63, 3.8) is 0 Å². The number of rotatable bonds is 7. The molecule has 0 bridgehead atoms. The minimum atomic E-state index is -0.363. The molecule has 0 saturated carbocycles. The van der Waals surface area contributed by atoms with E-state index in [1.807, 2.05) is 31.2 Å². The number of hydrogen-bond acceptors (Lipinski definition) is 7. The third-order valence-electron chi connectivity index (χ3n) is 4.34. The van der Waals surface area contributed by atoms with Crippen LogP contribution in [0.3, 0.4) is 0 Å². The number of oxazole rings is 1. The maximum atomic E-state index is 11.6. The van der Waals surface area contributed by atoms with E-state index in [0.717, 1.165) is 34.5 Å². The van der Waals surface area contributed by atoms with Gasteiger partial charge >= 0.3 is 0 Å². The van der Waals surface area contributed by atoms with Crippen LogP contribution in [0.2, 0.25) is 0 Å². The maximum Gasteiger partial charge on any atom is 0.286 e. The SMILES string of the molecule is Cc1oc(-c2ccco2)nc1CCOc1ccc(CC2SC(=O)NC2=O)cc1. The van der Waals surface area contributed by atoms with Crippen molar-refractivity contribution in [3.8, 4) is 17.4 Å². The average molecular weight is 398 g/mol. The van der Waals surface area contributed by atoms with Crippen LogP contribution in [-0.4, -0.2) is 28.0 Å². The number of hydrogen-bond donors (Lipinski definition) is 1. The second-order valence-corrected chi connectivity index (χ2v) is 7.50. The first-order valence-corrected chi connectivity index (χ1v) is 9.70. The Balaban J connectivity index is 1.30. The van der Waals surface area contributed by atoms with Gasteiger partial charge in [0.1, 0.15) is 11.5 Å². The van der Waals surface area contributed by atoms with E-state index in [-0.39, 0.29) is 16.4 Å². The Kier molecular flexibility index (Phi) is 5.21. The largest absolute Gasteiger partial charge is 0.493 e. The molecular formula is C20H18N2O5S. The molecular weight excluding hydrogens is 380 g/mol. The van der Waals surface area contributed by atoms with E-state index in [0.29, 0.717) is 31.1 Å². The number of nitrogens with one attached hydrogen (secondary N) is 1. The lowest BCUT2D eigenvalue weighted by molar-refractivity contribution is -0.118. The topological polar surface area (TPSA) is 94.6 Å². The summed E-state index contributed by atoms with van der Waals surface area (Å²) in [5.41, 5.74) is 1.81. The maximum absolute atomic E-state index is 11.6. The lowest BCUT2D eigenvalue weighted by Gasteiger charge is -2.08. The van der Waals surface area contributed by atoms with E-state index < -0.39 is 0 Å². The van der Waals surface area contributed by atoms with Crippen molar-refractivity contribution in [1.82, 2.24) is 10.3 Å². The lowest BCUT2D eigenvalue weighted by Crippen LogP contribution is -2.25. The predicted octanol–water partition coefficient (Wildman–Crippen LogP) is 3.76. The summed E-state index contributed by atoms with van der Waals surface area (Å²) in [6.45, 7) is 2.32. The summed E-state index contributed by atoms with van der Waals surface area (Å²) in [4.78, 5) is 27.3. The zero-order valence-corrected chi connectivity index (χ0v) is 16.0. The van der Waals surface area contributed by atoms with E-state index in [4.69, 9.17) is 13.6 Å². The standard InChI is InChI=1S/C20H18N2O5S/c1-12-15(21-19(27-12)16-3-2-9-26-16)8-10-25-14-6-4-13(5-7-14)11-17-18(23)22-20(24)28-17/h2-7,9,17H,8,10-11H2,1H3,(H,22,23,24). The molecule has 0 radical (unpaired) electrons. The molecule has 1 fully saturated rings. The van der Waals surface area contributed by atoms with Gasteiger partial charge in [-0.05, 0) is 43.2 Å². The van der Waals surface area contributed by atoms with Gasteiger partial charge in [-0.3, -0.25) is 14.9 Å². The smallest absolute Gasteiger partial charge is 0.286 e. The first-order valence-electron chi connectivity index (χ1n) is 8.82. The van der Waals surface area contributed by atoms with Crippen LogP contribution < -0.4 is 10.1 Å². The number of ether oxygens (including phenoxy) is 1. The van der Waals surface area contributed by atoms with Crippen LogP contribution in [-0.2, 0) is 17.6 Å². The Morgan fingerprint density at radius 3 is 2.71 bits per heavy atom. The fraction of sp³-hybridized carbons (Fsp3) is 0.250. The zero-order chi connectivity index (χ0) is 19.5. The normalized spacial score (nSPS) is 16.4. The number of carbonyl (C=O) groups is 2. The second kappa shape index (κ2) is 7.93. The molecule has 1 aliphatic heterocycles. The van der Waals surface area contributed by atoms with Crippen molar-refractivity contribution in [2.75, 3.05) is 6.61 Å².